The number of aryl methyl sites for hydroxylation is 3. The molecule has 0 heterocycles. The van der Waals surface area contributed by atoms with Crippen molar-refractivity contribution < 1.29 is 4.74 Å². The third-order valence-electron chi connectivity index (χ3n) is 2.93. The Hall–Kier alpha value is -0.860. The summed E-state index contributed by atoms with van der Waals surface area (Å²) in [5.41, 5.74) is 5.35. The summed E-state index contributed by atoms with van der Waals surface area (Å²) in [7, 11) is 1.97. The van der Waals surface area contributed by atoms with Crippen LogP contribution >= 0.6 is 0 Å². The van der Waals surface area contributed by atoms with Crippen LogP contribution in [-0.4, -0.2) is 20.2 Å². The van der Waals surface area contributed by atoms with Gasteiger partial charge in [-0.05, 0) is 63.0 Å². The third-order valence-corrected chi connectivity index (χ3v) is 2.93. The Kier molecular flexibility index (Phi) is 5.50. The predicted octanol–water partition coefficient (Wildman–Crippen LogP) is 2.74. The zero-order valence-electron chi connectivity index (χ0n) is 10.9. The summed E-state index contributed by atoms with van der Waals surface area (Å²) in [6.45, 7) is 9.04. The minimum atomic E-state index is 0.733. The van der Waals surface area contributed by atoms with Crippen molar-refractivity contribution in [3.8, 4) is 0 Å². The average molecular weight is 221 g/mol. The van der Waals surface area contributed by atoms with Crippen LogP contribution < -0.4 is 5.32 Å². The highest BCUT2D eigenvalue weighted by atomic mass is 16.5. The van der Waals surface area contributed by atoms with E-state index in [0.29, 0.717) is 0 Å². The molecule has 1 aromatic carbocycles. The topological polar surface area (TPSA) is 21.3 Å². The van der Waals surface area contributed by atoms with E-state index in [1.54, 1.807) is 0 Å². The molecule has 2 heteroatoms. The maximum Gasteiger partial charge on any atom is 0.0719 e. The van der Waals surface area contributed by atoms with Gasteiger partial charge < -0.3 is 10.1 Å². The second-order valence-electron chi connectivity index (χ2n) is 4.37. The molecule has 0 spiro atoms. The van der Waals surface area contributed by atoms with Gasteiger partial charge in [0.1, 0.15) is 0 Å². The van der Waals surface area contributed by atoms with E-state index < -0.39 is 0 Å². The molecule has 0 amide bonds. The van der Waals surface area contributed by atoms with E-state index in [1.807, 2.05) is 7.05 Å². The normalized spacial score (nSPS) is 10.8. The van der Waals surface area contributed by atoms with Crippen molar-refractivity contribution in [2.45, 2.75) is 33.8 Å². The highest BCUT2D eigenvalue weighted by molar-refractivity contribution is 5.35. The zero-order chi connectivity index (χ0) is 12.0. The van der Waals surface area contributed by atoms with Gasteiger partial charge in [0.05, 0.1) is 6.61 Å². The monoisotopic (exact) mass is 221 g/mol. The lowest BCUT2D eigenvalue weighted by Crippen LogP contribution is -2.10. The number of nitrogens with one attached hydrogen (secondary N) is 1. The van der Waals surface area contributed by atoms with Gasteiger partial charge in [0.2, 0.25) is 0 Å². The minimum absolute atomic E-state index is 0.733. The number of hydrogen-bond donors (Lipinski definition) is 1. The Morgan fingerprint density at radius 3 is 2.44 bits per heavy atom. The Morgan fingerprint density at radius 2 is 1.75 bits per heavy atom. The summed E-state index contributed by atoms with van der Waals surface area (Å²) in [4.78, 5) is 0. The molecule has 0 bridgehead atoms. The molecule has 0 unspecified atom stereocenters. The van der Waals surface area contributed by atoms with Crippen LogP contribution in [0.25, 0.3) is 0 Å². The van der Waals surface area contributed by atoms with E-state index in [1.165, 1.54) is 22.3 Å². The van der Waals surface area contributed by atoms with Crippen LogP contribution in [0.1, 0.15) is 28.7 Å². The first-order valence-corrected chi connectivity index (χ1v) is 5.94. The lowest BCUT2D eigenvalue weighted by atomic mass is 10.0. The van der Waals surface area contributed by atoms with E-state index in [9.17, 15) is 0 Å². The minimum Gasteiger partial charge on any atom is -0.377 e. The quantitative estimate of drug-likeness (QED) is 0.746. The first kappa shape index (κ1) is 13.2. The lowest BCUT2D eigenvalue weighted by Gasteiger charge is -2.10. The van der Waals surface area contributed by atoms with Gasteiger partial charge in [-0.15, -0.1) is 0 Å². The van der Waals surface area contributed by atoms with Crippen LogP contribution in [0.4, 0.5) is 0 Å². The molecule has 0 aliphatic carbocycles. The van der Waals surface area contributed by atoms with Gasteiger partial charge in [-0.3, -0.25) is 0 Å². The SMILES string of the molecule is CNCCCOCc1cc(C)c(C)cc1C. The predicted molar refractivity (Wildman–Crippen MR) is 68.9 cm³/mol. The number of ether oxygens (including phenoxy) is 1. The molecule has 0 aliphatic rings. The standard InChI is InChI=1S/C14H23NO/c1-11-8-13(3)14(9-12(11)2)10-16-7-5-6-15-4/h8-9,15H,5-7,10H2,1-4H3. The van der Waals surface area contributed by atoms with Crippen molar-refractivity contribution in [2.75, 3.05) is 20.2 Å². The smallest absolute Gasteiger partial charge is 0.0719 e. The average Bonchev–Trinajstić information content (AvgIpc) is 2.25. The second kappa shape index (κ2) is 6.66. The van der Waals surface area contributed by atoms with E-state index in [4.69, 9.17) is 4.74 Å². The van der Waals surface area contributed by atoms with Crippen LogP contribution in [0, 0.1) is 20.8 Å². The van der Waals surface area contributed by atoms with Crippen molar-refractivity contribution in [2.24, 2.45) is 0 Å². The first-order chi connectivity index (χ1) is 7.65. The Bertz CT molecular complexity index is 334. The molecule has 0 atom stereocenters. The number of rotatable bonds is 6. The molecule has 1 rings (SSSR count). The molecule has 1 aromatic rings. The zero-order valence-corrected chi connectivity index (χ0v) is 10.9. The molecular formula is C14H23NO. The fraction of sp³-hybridized carbons (Fsp3) is 0.571. The van der Waals surface area contributed by atoms with Gasteiger partial charge >= 0.3 is 0 Å². The first-order valence-electron chi connectivity index (χ1n) is 5.94. The van der Waals surface area contributed by atoms with Crippen LogP contribution in [0.5, 0.6) is 0 Å². The molecule has 0 aliphatic heterocycles. The van der Waals surface area contributed by atoms with Crippen LogP contribution in [0.15, 0.2) is 12.1 Å². The molecule has 0 saturated carbocycles. The van der Waals surface area contributed by atoms with Crippen LogP contribution in [0.2, 0.25) is 0 Å². The van der Waals surface area contributed by atoms with E-state index in [0.717, 1.165) is 26.2 Å². The molecule has 16 heavy (non-hydrogen) atoms. The fourth-order valence-corrected chi connectivity index (χ4v) is 1.71. The summed E-state index contributed by atoms with van der Waals surface area (Å²) in [6, 6.07) is 4.48. The molecule has 0 aromatic heterocycles. The number of hydrogen-bond acceptors (Lipinski definition) is 2. The van der Waals surface area contributed by atoms with Gasteiger partial charge in [0, 0.05) is 6.61 Å². The Labute approximate surface area is 99.0 Å². The van der Waals surface area contributed by atoms with Crippen molar-refractivity contribution >= 4 is 0 Å². The Balaban J connectivity index is 2.45. The van der Waals surface area contributed by atoms with Gasteiger partial charge in [-0.2, -0.15) is 0 Å². The van der Waals surface area contributed by atoms with Crippen LogP contribution in [0.3, 0.4) is 0 Å². The summed E-state index contributed by atoms with van der Waals surface area (Å²) >= 11 is 0. The summed E-state index contributed by atoms with van der Waals surface area (Å²) < 4.78 is 5.66. The maximum absolute atomic E-state index is 5.66. The largest absolute Gasteiger partial charge is 0.377 e. The molecule has 0 saturated heterocycles. The highest BCUT2D eigenvalue weighted by Gasteiger charge is 2.01. The van der Waals surface area contributed by atoms with Gasteiger partial charge in [0.15, 0.2) is 0 Å². The van der Waals surface area contributed by atoms with Gasteiger partial charge in [-0.1, -0.05) is 12.1 Å². The van der Waals surface area contributed by atoms with Gasteiger partial charge in [0.25, 0.3) is 0 Å². The summed E-state index contributed by atoms with van der Waals surface area (Å²) in [5, 5.41) is 3.11. The van der Waals surface area contributed by atoms with Crippen molar-refractivity contribution in [1.29, 1.82) is 0 Å². The van der Waals surface area contributed by atoms with Crippen molar-refractivity contribution in [3.63, 3.8) is 0 Å². The highest BCUT2D eigenvalue weighted by Crippen LogP contribution is 2.16. The van der Waals surface area contributed by atoms with E-state index in [2.05, 4.69) is 38.2 Å². The lowest BCUT2D eigenvalue weighted by molar-refractivity contribution is 0.118. The van der Waals surface area contributed by atoms with Crippen LogP contribution in [-0.2, 0) is 11.3 Å². The molecular weight excluding hydrogens is 198 g/mol. The van der Waals surface area contributed by atoms with E-state index in [-0.39, 0.29) is 0 Å². The fourth-order valence-electron chi connectivity index (χ4n) is 1.71. The molecule has 2 nitrogen and oxygen atoms in total. The number of benzene rings is 1. The maximum atomic E-state index is 5.66. The second-order valence-corrected chi connectivity index (χ2v) is 4.37. The van der Waals surface area contributed by atoms with Crippen molar-refractivity contribution in [3.05, 3.63) is 34.4 Å². The Morgan fingerprint density at radius 1 is 1.06 bits per heavy atom. The molecule has 0 fully saturated rings. The molecule has 1 N–H and O–H groups in total. The van der Waals surface area contributed by atoms with Crippen molar-refractivity contribution in [1.82, 2.24) is 5.32 Å². The molecule has 0 radical (unpaired) electrons. The molecule has 90 valence electrons. The van der Waals surface area contributed by atoms with Gasteiger partial charge in [-0.25, -0.2) is 0 Å². The summed E-state index contributed by atoms with van der Waals surface area (Å²) in [5.74, 6) is 0. The summed E-state index contributed by atoms with van der Waals surface area (Å²) in [6.07, 6.45) is 1.07. The van der Waals surface area contributed by atoms with E-state index >= 15 is 0 Å². The third kappa shape index (κ3) is 3.95.